The Balaban J connectivity index is 1.44. The molecule has 0 aliphatic carbocycles. The maximum absolute atomic E-state index is 12.9. The molecule has 0 spiro atoms. The van der Waals surface area contributed by atoms with E-state index in [1.54, 1.807) is 0 Å². The van der Waals surface area contributed by atoms with Crippen LogP contribution in [-0.4, -0.2) is 39.8 Å². The molecular formula is C20H25N3O2. The third-order valence-corrected chi connectivity index (χ3v) is 5.29. The molecule has 5 nitrogen and oxygen atoms in total. The van der Waals surface area contributed by atoms with E-state index in [-0.39, 0.29) is 11.9 Å². The molecule has 1 saturated heterocycles. The Hall–Kier alpha value is -2.30. The van der Waals surface area contributed by atoms with Gasteiger partial charge >= 0.3 is 0 Å². The highest BCUT2D eigenvalue weighted by Gasteiger charge is 2.29. The zero-order valence-corrected chi connectivity index (χ0v) is 15.0. The number of benzene rings is 1. The second-order valence-electron chi connectivity index (χ2n) is 7.21. The second-order valence-corrected chi connectivity index (χ2v) is 7.21. The van der Waals surface area contributed by atoms with E-state index < -0.39 is 0 Å². The molecule has 1 aromatic carbocycles. The average Bonchev–Trinajstić information content (AvgIpc) is 3.28. The Labute approximate surface area is 148 Å². The number of aromatic nitrogens is 2. The number of nitrogens with zero attached hydrogens (tertiary/aromatic N) is 3. The fraction of sp³-hybridized carbons (Fsp3) is 0.500. The van der Waals surface area contributed by atoms with Crippen molar-refractivity contribution in [1.29, 1.82) is 0 Å². The normalized spacial score (nSPS) is 19.1. The van der Waals surface area contributed by atoms with Crippen LogP contribution in [0.4, 0.5) is 0 Å². The number of hydrogen-bond donors (Lipinski definition) is 0. The van der Waals surface area contributed by atoms with E-state index in [1.165, 1.54) is 5.56 Å². The maximum atomic E-state index is 12.9. The summed E-state index contributed by atoms with van der Waals surface area (Å²) < 4.78 is 7.59. The Bertz CT molecular complexity index is 796. The number of amides is 1. The molecule has 4 rings (SSSR count). The van der Waals surface area contributed by atoms with E-state index in [0.717, 1.165) is 61.7 Å². The summed E-state index contributed by atoms with van der Waals surface area (Å²) >= 11 is 0. The van der Waals surface area contributed by atoms with E-state index >= 15 is 0 Å². The molecule has 0 radical (unpaired) electrons. The fourth-order valence-electron chi connectivity index (χ4n) is 4.04. The van der Waals surface area contributed by atoms with Gasteiger partial charge in [0.1, 0.15) is 5.75 Å². The predicted octanol–water partition coefficient (Wildman–Crippen LogP) is 2.67. The Morgan fingerprint density at radius 1 is 1.32 bits per heavy atom. The first kappa shape index (κ1) is 16.2. The largest absolute Gasteiger partial charge is 0.493 e. The zero-order valence-electron chi connectivity index (χ0n) is 15.0. The lowest BCUT2D eigenvalue weighted by Crippen LogP contribution is -2.39. The third-order valence-electron chi connectivity index (χ3n) is 5.29. The van der Waals surface area contributed by atoms with Crippen molar-refractivity contribution in [3.05, 3.63) is 46.8 Å². The molecule has 2 aromatic rings. The average molecular weight is 339 g/mol. The minimum Gasteiger partial charge on any atom is -0.493 e. The van der Waals surface area contributed by atoms with Crippen LogP contribution < -0.4 is 4.74 Å². The quantitative estimate of drug-likeness (QED) is 0.860. The van der Waals surface area contributed by atoms with Gasteiger partial charge in [-0.3, -0.25) is 9.48 Å². The van der Waals surface area contributed by atoms with Crippen LogP contribution in [0, 0.1) is 13.8 Å². The monoisotopic (exact) mass is 339 g/mol. The molecule has 1 aromatic heterocycles. The first-order valence-corrected chi connectivity index (χ1v) is 9.15. The first-order valence-electron chi connectivity index (χ1n) is 9.15. The minimum absolute atomic E-state index is 0.225. The molecule has 25 heavy (non-hydrogen) atoms. The van der Waals surface area contributed by atoms with Crippen LogP contribution in [0.15, 0.2) is 24.3 Å². The summed E-state index contributed by atoms with van der Waals surface area (Å²) in [4.78, 5) is 14.9. The van der Waals surface area contributed by atoms with Crippen LogP contribution >= 0.6 is 0 Å². The van der Waals surface area contributed by atoms with E-state index in [4.69, 9.17) is 4.74 Å². The van der Waals surface area contributed by atoms with Crippen molar-refractivity contribution in [3.63, 3.8) is 0 Å². The number of aryl methyl sites for hydroxylation is 2. The van der Waals surface area contributed by atoms with E-state index in [2.05, 4.69) is 29.1 Å². The summed E-state index contributed by atoms with van der Waals surface area (Å²) in [6, 6.07) is 8.50. The number of carbonyl (C=O) groups excluding carboxylic acids is 1. The molecule has 5 heteroatoms. The highest BCUT2D eigenvalue weighted by Crippen LogP contribution is 2.27. The van der Waals surface area contributed by atoms with Gasteiger partial charge in [-0.2, -0.15) is 5.10 Å². The lowest BCUT2D eigenvalue weighted by Gasteiger charge is -2.25. The smallest absolute Gasteiger partial charge is 0.227 e. The van der Waals surface area contributed by atoms with Crippen molar-refractivity contribution in [2.75, 3.05) is 13.2 Å². The van der Waals surface area contributed by atoms with Crippen molar-refractivity contribution in [2.45, 2.75) is 52.1 Å². The van der Waals surface area contributed by atoms with Gasteiger partial charge in [0.25, 0.3) is 0 Å². The van der Waals surface area contributed by atoms with Crippen LogP contribution in [0.1, 0.15) is 35.4 Å². The number of fused-ring (bicyclic) bond motifs is 1. The number of carbonyl (C=O) groups is 1. The van der Waals surface area contributed by atoms with E-state index in [9.17, 15) is 4.79 Å². The van der Waals surface area contributed by atoms with Crippen molar-refractivity contribution >= 4 is 5.91 Å². The topological polar surface area (TPSA) is 47.4 Å². The molecule has 3 heterocycles. The SMILES string of the molecule is Cc1cc(C)n(CC2CCCN2C(=O)Cc2ccc3c(c2)CCO3)n1. The molecule has 1 atom stereocenters. The minimum atomic E-state index is 0.225. The Kier molecular flexibility index (Phi) is 4.24. The summed E-state index contributed by atoms with van der Waals surface area (Å²) in [6.07, 6.45) is 3.55. The number of rotatable bonds is 4. The maximum Gasteiger partial charge on any atom is 0.227 e. The molecule has 0 bridgehead atoms. The molecule has 1 unspecified atom stereocenters. The van der Waals surface area contributed by atoms with Crippen LogP contribution in [0.25, 0.3) is 0 Å². The van der Waals surface area contributed by atoms with Crippen LogP contribution in [0.5, 0.6) is 5.75 Å². The highest BCUT2D eigenvalue weighted by atomic mass is 16.5. The van der Waals surface area contributed by atoms with Crippen molar-refractivity contribution in [2.24, 2.45) is 0 Å². The lowest BCUT2D eigenvalue weighted by atomic mass is 10.1. The van der Waals surface area contributed by atoms with Gasteiger partial charge in [0.05, 0.1) is 31.3 Å². The molecule has 1 fully saturated rings. The van der Waals surface area contributed by atoms with E-state index in [0.29, 0.717) is 6.42 Å². The van der Waals surface area contributed by atoms with Crippen molar-refractivity contribution in [3.8, 4) is 5.75 Å². The third kappa shape index (κ3) is 3.28. The summed E-state index contributed by atoms with van der Waals surface area (Å²) in [5.41, 5.74) is 4.51. The summed E-state index contributed by atoms with van der Waals surface area (Å²) in [5.74, 6) is 1.20. The highest BCUT2D eigenvalue weighted by molar-refractivity contribution is 5.79. The van der Waals surface area contributed by atoms with Gasteiger partial charge in [0, 0.05) is 18.7 Å². The van der Waals surface area contributed by atoms with Crippen LogP contribution in [-0.2, 0) is 24.2 Å². The van der Waals surface area contributed by atoms with Crippen molar-refractivity contribution in [1.82, 2.24) is 14.7 Å². The van der Waals surface area contributed by atoms with Gasteiger partial charge in [0.15, 0.2) is 0 Å². The van der Waals surface area contributed by atoms with Crippen molar-refractivity contribution < 1.29 is 9.53 Å². The van der Waals surface area contributed by atoms with Crippen LogP contribution in [0.2, 0.25) is 0 Å². The lowest BCUT2D eigenvalue weighted by molar-refractivity contribution is -0.131. The Morgan fingerprint density at radius 3 is 3.00 bits per heavy atom. The zero-order chi connectivity index (χ0) is 17.4. The number of hydrogen-bond acceptors (Lipinski definition) is 3. The summed E-state index contributed by atoms with van der Waals surface area (Å²) in [7, 11) is 0. The van der Waals surface area contributed by atoms with Gasteiger partial charge < -0.3 is 9.64 Å². The van der Waals surface area contributed by atoms with Gasteiger partial charge in [-0.05, 0) is 49.9 Å². The molecule has 132 valence electrons. The van der Waals surface area contributed by atoms with Gasteiger partial charge in [-0.15, -0.1) is 0 Å². The fourth-order valence-corrected chi connectivity index (χ4v) is 4.04. The second kappa shape index (κ2) is 6.54. The molecule has 0 N–H and O–H groups in total. The molecule has 2 aliphatic heterocycles. The molecule has 1 amide bonds. The van der Waals surface area contributed by atoms with Crippen LogP contribution in [0.3, 0.4) is 0 Å². The Morgan fingerprint density at radius 2 is 2.20 bits per heavy atom. The van der Waals surface area contributed by atoms with Gasteiger partial charge in [0.2, 0.25) is 5.91 Å². The predicted molar refractivity (Wildman–Crippen MR) is 95.8 cm³/mol. The standard InChI is InChI=1S/C20H25N3O2/c1-14-10-15(2)23(21-14)13-18-4-3-8-22(18)20(24)12-16-5-6-19-17(11-16)7-9-25-19/h5-6,10-11,18H,3-4,7-9,12-13H2,1-2H3. The summed E-state index contributed by atoms with van der Waals surface area (Å²) in [6.45, 7) is 6.50. The first-order chi connectivity index (χ1) is 12.1. The van der Waals surface area contributed by atoms with E-state index in [1.807, 2.05) is 23.7 Å². The number of likely N-dealkylation sites (tertiary alicyclic amines) is 1. The van der Waals surface area contributed by atoms with Gasteiger partial charge in [-0.1, -0.05) is 12.1 Å². The van der Waals surface area contributed by atoms with Gasteiger partial charge in [-0.25, -0.2) is 0 Å². The number of ether oxygens (including phenoxy) is 1. The molecule has 0 saturated carbocycles. The molecular weight excluding hydrogens is 314 g/mol. The summed E-state index contributed by atoms with van der Waals surface area (Å²) in [5, 5.41) is 4.56. The molecule has 2 aliphatic rings.